The SMILES string of the molecule is CC(=O)C12CC3C[C@@](CF)(C1)C[C@](c1ccccc1)(C3)C2. The normalized spacial score (nSPS) is 44.0. The van der Waals surface area contributed by atoms with Gasteiger partial charge in [0.1, 0.15) is 5.78 Å². The molecule has 0 aromatic heterocycles. The number of Topliss-reactive ketones (excluding diaryl/α,β-unsaturated/α-hetero) is 1. The summed E-state index contributed by atoms with van der Waals surface area (Å²) in [6.07, 6.45) is 5.81. The second-order valence-electron chi connectivity index (χ2n) is 8.13. The molecular formula is C19H23FO. The van der Waals surface area contributed by atoms with Crippen molar-refractivity contribution in [2.24, 2.45) is 16.7 Å². The van der Waals surface area contributed by atoms with Crippen LogP contribution in [-0.4, -0.2) is 12.5 Å². The van der Waals surface area contributed by atoms with Crippen molar-refractivity contribution in [1.82, 2.24) is 0 Å². The van der Waals surface area contributed by atoms with Gasteiger partial charge >= 0.3 is 0 Å². The maximum atomic E-state index is 13.9. The van der Waals surface area contributed by atoms with E-state index in [-0.39, 0.29) is 22.9 Å². The number of ketones is 1. The molecule has 0 N–H and O–H groups in total. The predicted octanol–water partition coefficient (Wildman–Crippen LogP) is 4.45. The zero-order valence-corrected chi connectivity index (χ0v) is 12.7. The van der Waals surface area contributed by atoms with Crippen LogP contribution >= 0.6 is 0 Å². The van der Waals surface area contributed by atoms with Crippen LogP contribution < -0.4 is 0 Å². The van der Waals surface area contributed by atoms with Crippen molar-refractivity contribution in [3.8, 4) is 0 Å². The monoisotopic (exact) mass is 286 g/mol. The maximum absolute atomic E-state index is 13.9. The molecule has 5 rings (SSSR count). The molecule has 0 spiro atoms. The van der Waals surface area contributed by atoms with Crippen LogP contribution in [0.15, 0.2) is 30.3 Å². The number of alkyl halides is 1. The molecular weight excluding hydrogens is 263 g/mol. The van der Waals surface area contributed by atoms with Crippen molar-refractivity contribution >= 4 is 5.78 Å². The first kappa shape index (κ1) is 13.5. The molecule has 0 aliphatic heterocycles. The van der Waals surface area contributed by atoms with Gasteiger partial charge in [0.2, 0.25) is 0 Å². The fourth-order valence-corrected chi connectivity index (χ4v) is 6.29. The molecule has 1 aromatic rings. The fourth-order valence-electron chi connectivity index (χ4n) is 6.29. The number of hydrogen-bond acceptors (Lipinski definition) is 1. The summed E-state index contributed by atoms with van der Waals surface area (Å²) in [5.74, 6) is 0.825. The zero-order valence-electron chi connectivity index (χ0n) is 12.7. The predicted molar refractivity (Wildman–Crippen MR) is 80.8 cm³/mol. The molecule has 1 aromatic carbocycles. The third-order valence-electron chi connectivity index (χ3n) is 6.60. The Morgan fingerprint density at radius 2 is 1.90 bits per heavy atom. The molecule has 21 heavy (non-hydrogen) atoms. The number of rotatable bonds is 3. The summed E-state index contributed by atoms with van der Waals surface area (Å²) >= 11 is 0. The molecule has 4 atom stereocenters. The topological polar surface area (TPSA) is 17.1 Å². The second-order valence-corrected chi connectivity index (χ2v) is 8.13. The Morgan fingerprint density at radius 1 is 1.14 bits per heavy atom. The van der Waals surface area contributed by atoms with E-state index in [0.29, 0.717) is 11.7 Å². The lowest BCUT2D eigenvalue weighted by Gasteiger charge is -2.65. The van der Waals surface area contributed by atoms with Crippen molar-refractivity contribution in [2.45, 2.75) is 50.9 Å². The van der Waals surface area contributed by atoms with E-state index in [1.165, 1.54) is 5.56 Å². The first-order valence-electron chi connectivity index (χ1n) is 8.14. The van der Waals surface area contributed by atoms with Crippen LogP contribution in [0.2, 0.25) is 0 Å². The molecule has 1 nitrogen and oxygen atoms in total. The quantitative estimate of drug-likeness (QED) is 0.802. The molecule has 4 bridgehead atoms. The summed E-state index contributed by atoms with van der Waals surface area (Å²) in [5, 5.41) is 0. The van der Waals surface area contributed by atoms with E-state index in [4.69, 9.17) is 0 Å². The van der Waals surface area contributed by atoms with Gasteiger partial charge in [-0.15, -0.1) is 0 Å². The summed E-state index contributed by atoms with van der Waals surface area (Å²) < 4.78 is 13.9. The van der Waals surface area contributed by atoms with Gasteiger partial charge in [0.05, 0.1) is 6.67 Å². The van der Waals surface area contributed by atoms with Crippen molar-refractivity contribution in [2.75, 3.05) is 6.67 Å². The summed E-state index contributed by atoms with van der Waals surface area (Å²) in [5.41, 5.74) is 0.887. The molecule has 0 heterocycles. The van der Waals surface area contributed by atoms with Gasteiger partial charge in [-0.25, -0.2) is 0 Å². The molecule has 0 amide bonds. The Balaban J connectivity index is 1.85. The average molecular weight is 286 g/mol. The smallest absolute Gasteiger partial charge is 0.136 e. The summed E-state index contributed by atoms with van der Waals surface area (Å²) in [6, 6.07) is 10.6. The largest absolute Gasteiger partial charge is 0.299 e. The Bertz CT molecular complexity index is 582. The minimum Gasteiger partial charge on any atom is -0.299 e. The number of benzene rings is 1. The molecule has 0 saturated heterocycles. The number of carbonyl (C=O) groups is 1. The van der Waals surface area contributed by atoms with Crippen LogP contribution in [0.25, 0.3) is 0 Å². The highest BCUT2D eigenvalue weighted by Gasteiger charge is 2.65. The van der Waals surface area contributed by atoms with Gasteiger partial charge in [0, 0.05) is 10.8 Å². The molecule has 4 aliphatic carbocycles. The molecule has 4 fully saturated rings. The van der Waals surface area contributed by atoms with Crippen molar-refractivity contribution < 1.29 is 9.18 Å². The van der Waals surface area contributed by atoms with E-state index >= 15 is 0 Å². The van der Waals surface area contributed by atoms with E-state index in [1.54, 1.807) is 6.92 Å². The standard InChI is InChI=1S/C19H23FO/c1-14(21)18-8-15-7-17(10-18,13-20)11-19(9-15,12-18)16-5-3-2-4-6-16/h2-6,15H,7-13H2,1H3/t15?,17-,18?,19-/m1/s1. The third-order valence-corrected chi connectivity index (χ3v) is 6.60. The van der Waals surface area contributed by atoms with E-state index in [9.17, 15) is 9.18 Å². The summed E-state index contributed by atoms with van der Waals surface area (Å²) in [7, 11) is 0. The van der Waals surface area contributed by atoms with Crippen molar-refractivity contribution in [1.29, 1.82) is 0 Å². The molecule has 2 heteroatoms. The number of hydrogen-bond donors (Lipinski definition) is 0. The van der Waals surface area contributed by atoms with Gasteiger partial charge in [0.15, 0.2) is 0 Å². The minimum absolute atomic E-state index is 0.0401. The van der Waals surface area contributed by atoms with Crippen LogP contribution in [-0.2, 0) is 10.2 Å². The highest BCUT2D eigenvalue weighted by Crippen LogP contribution is 2.70. The second kappa shape index (κ2) is 4.18. The minimum atomic E-state index is -0.257. The summed E-state index contributed by atoms with van der Waals surface area (Å²) in [6.45, 7) is 1.48. The molecule has 4 saturated carbocycles. The zero-order chi connectivity index (χ0) is 14.7. The van der Waals surface area contributed by atoms with Crippen LogP contribution in [0.3, 0.4) is 0 Å². The van der Waals surface area contributed by atoms with E-state index in [0.717, 1.165) is 38.5 Å². The summed E-state index contributed by atoms with van der Waals surface area (Å²) in [4.78, 5) is 12.4. The van der Waals surface area contributed by atoms with Crippen LogP contribution in [0.1, 0.15) is 51.0 Å². The van der Waals surface area contributed by atoms with Crippen molar-refractivity contribution in [3.63, 3.8) is 0 Å². The lowest BCUT2D eigenvalue weighted by molar-refractivity contribution is -0.161. The van der Waals surface area contributed by atoms with Gasteiger partial charge in [-0.2, -0.15) is 0 Å². The fraction of sp³-hybridized carbons (Fsp3) is 0.632. The highest BCUT2D eigenvalue weighted by molar-refractivity contribution is 5.83. The van der Waals surface area contributed by atoms with Gasteiger partial charge < -0.3 is 0 Å². The molecule has 112 valence electrons. The Hall–Kier alpha value is -1.18. The lowest BCUT2D eigenvalue weighted by Crippen LogP contribution is -2.61. The average Bonchev–Trinajstić information content (AvgIpc) is 2.47. The van der Waals surface area contributed by atoms with Gasteiger partial charge in [-0.1, -0.05) is 30.3 Å². The van der Waals surface area contributed by atoms with Crippen LogP contribution in [0, 0.1) is 16.7 Å². The number of halogens is 1. The van der Waals surface area contributed by atoms with Crippen LogP contribution in [0.5, 0.6) is 0 Å². The first-order valence-corrected chi connectivity index (χ1v) is 8.14. The lowest BCUT2D eigenvalue weighted by atomic mass is 9.38. The Kier molecular flexibility index (Phi) is 2.68. The highest BCUT2D eigenvalue weighted by atomic mass is 19.1. The number of carbonyl (C=O) groups excluding carboxylic acids is 1. The molecule has 0 radical (unpaired) electrons. The molecule has 2 unspecified atom stereocenters. The van der Waals surface area contributed by atoms with Crippen molar-refractivity contribution in [3.05, 3.63) is 35.9 Å². The van der Waals surface area contributed by atoms with E-state index in [2.05, 4.69) is 24.3 Å². The maximum Gasteiger partial charge on any atom is 0.136 e. The van der Waals surface area contributed by atoms with Gasteiger partial charge in [0.25, 0.3) is 0 Å². The Labute approximate surface area is 125 Å². The van der Waals surface area contributed by atoms with Crippen LogP contribution in [0.4, 0.5) is 4.39 Å². The Morgan fingerprint density at radius 3 is 2.57 bits per heavy atom. The van der Waals surface area contributed by atoms with Gasteiger partial charge in [-0.3, -0.25) is 9.18 Å². The molecule has 4 aliphatic rings. The first-order chi connectivity index (χ1) is 10.0. The third kappa shape index (κ3) is 1.77. The van der Waals surface area contributed by atoms with E-state index in [1.807, 2.05) is 6.07 Å². The van der Waals surface area contributed by atoms with Gasteiger partial charge in [-0.05, 0) is 62.3 Å². The van der Waals surface area contributed by atoms with E-state index < -0.39 is 0 Å².